The van der Waals surface area contributed by atoms with Gasteiger partial charge in [0.05, 0.1) is 16.9 Å². The van der Waals surface area contributed by atoms with Crippen LogP contribution in [0.25, 0.3) is 21.6 Å². The van der Waals surface area contributed by atoms with Crippen molar-refractivity contribution in [2.24, 2.45) is 0 Å². The van der Waals surface area contributed by atoms with Crippen molar-refractivity contribution >= 4 is 61.2 Å². The predicted molar refractivity (Wildman–Crippen MR) is 180 cm³/mol. The second kappa shape index (κ2) is 17.1. The van der Waals surface area contributed by atoms with E-state index < -0.39 is 34.3 Å². The number of aromatic nitrogens is 3. The fraction of sp³-hybridized carbons (Fsp3) is 0.290. The van der Waals surface area contributed by atoms with Gasteiger partial charge in [0, 0.05) is 53.4 Å². The first-order valence-electron chi connectivity index (χ1n) is 14.6. The summed E-state index contributed by atoms with van der Waals surface area (Å²) < 4.78 is 92.3. The third-order valence-corrected chi connectivity index (χ3v) is 10.9. The molecule has 1 aromatic carbocycles. The van der Waals surface area contributed by atoms with E-state index in [0.717, 1.165) is 45.1 Å². The number of carbonyl (C=O) groups is 2. The summed E-state index contributed by atoms with van der Waals surface area (Å²) in [5, 5.41) is 21.4. The smallest absolute Gasteiger partial charge is 0.475 e. The zero-order valence-electron chi connectivity index (χ0n) is 26.9. The summed E-state index contributed by atoms with van der Waals surface area (Å²) in [6.45, 7) is 6.66. The number of thiazole rings is 1. The van der Waals surface area contributed by atoms with Crippen molar-refractivity contribution in [3.05, 3.63) is 82.9 Å². The number of thiophene rings is 1. The van der Waals surface area contributed by atoms with E-state index in [1.165, 1.54) is 15.6 Å². The van der Waals surface area contributed by atoms with Crippen LogP contribution in [0.2, 0.25) is 0 Å². The third kappa shape index (κ3) is 11.5. The number of nitrogens with zero attached hydrogens (tertiary/aromatic N) is 3. The molecule has 5 rings (SSSR count). The summed E-state index contributed by atoms with van der Waals surface area (Å²) in [6, 6.07) is 17.2. The number of aromatic amines is 1. The number of benzene rings is 1. The zero-order valence-corrected chi connectivity index (χ0v) is 29.3. The van der Waals surface area contributed by atoms with Crippen LogP contribution < -0.4 is 9.62 Å². The Morgan fingerprint density at radius 1 is 0.941 bits per heavy atom. The number of alkyl halides is 6. The van der Waals surface area contributed by atoms with Crippen LogP contribution in [-0.4, -0.2) is 70.0 Å². The molecule has 5 aromatic rings. The minimum Gasteiger partial charge on any atom is -0.475 e. The van der Waals surface area contributed by atoms with Crippen molar-refractivity contribution < 1.29 is 54.6 Å². The number of aliphatic carboxylic acids is 2. The van der Waals surface area contributed by atoms with Crippen molar-refractivity contribution in [3.63, 3.8) is 0 Å². The highest BCUT2D eigenvalue weighted by Gasteiger charge is 2.39. The molecule has 51 heavy (non-hydrogen) atoms. The standard InChI is InChI=1S/C27H29N5O2S3.2C2HF3O2/c1-18(2)32(37(33,34)25-11-7-13-35-25)24-10-6-8-20-15-23(31-26(20)24)27-30-17-22(36-27)16-29-19(3)14-21-9-4-5-12-28-21;2*3-2(4,5)1(6)7/h4-13,15,17-19,29,31H,14,16H2,1-3H3;2*(H,6,7). The Labute approximate surface area is 295 Å². The molecule has 0 spiro atoms. The van der Waals surface area contributed by atoms with Gasteiger partial charge in [-0.25, -0.2) is 23.0 Å². The Kier molecular flexibility index (Phi) is 13.7. The van der Waals surface area contributed by atoms with E-state index in [9.17, 15) is 34.8 Å². The summed E-state index contributed by atoms with van der Waals surface area (Å²) >= 11 is 2.85. The zero-order chi connectivity index (χ0) is 38.1. The maximum atomic E-state index is 13.5. The van der Waals surface area contributed by atoms with E-state index in [2.05, 4.69) is 27.2 Å². The van der Waals surface area contributed by atoms with E-state index >= 15 is 0 Å². The number of para-hydroxylation sites is 1. The average molecular weight is 780 g/mol. The van der Waals surface area contributed by atoms with Gasteiger partial charge in [-0.3, -0.25) is 9.29 Å². The fourth-order valence-corrected chi connectivity index (χ4v) is 7.91. The number of rotatable bonds is 10. The maximum absolute atomic E-state index is 13.5. The lowest BCUT2D eigenvalue weighted by molar-refractivity contribution is -0.193. The number of hydrogen-bond acceptors (Lipinski definition) is 9. The maximum Gasteiger partial charge on any atom is 0.490 e. The van der Waals surface area contributed by atoms with Gasteiger partial charge in [0.15, 0.2) is 0 Å². The molecule has 0 saturated heterocycles. The predicted octanol–water partition coefficient (Wildman–Crippen LogP) is 7.34. The second-order valence-electron chi connectivity index (χ2n) is 10.8. The van der Waals surface area contributed by atoms with Gasteiger partial charge in [-0.05, 0) is 56.5 Å². The highest BCUT2D eigenvalue weighted by atomic mass is 32.2. The highest BCUT2D eigenvalue weighted by molar-refractivity contribution is 7.94. The minimum absolute atomic E-state index is 0.255. The van der Waals surface area contributed by atoms with Crippen LogP contribution in [0.5, 0.6) is 0 Å². The molecule has 0 aliphatic carbocycles. The molecular weight excluding hydrogens is 749 g/mol. The molecule has 4 N–H and O–H groups in total. The summed E-state index contributed by atoms with van der Waals surface area (Å²) in [5.74, 6) is -5.51. The molecule has 0 aliphatic heterocycles. The Morgan fingerprint density at radius 3 is 2.12 bits per heavy atom. The number of halogens is 6. The number of carboxylic acid groups (broad SMARTS) is 2. The van der Waals surface area contributed by atoms with E-state index in [0.29, 0.717) is 9.90 Å². The normalized spacial score (nSPS) is 12.4. The van der Waals surface area contributed by atoms with Crippen molar-refractivity contribution in [1.29, 1.82) is 0 Å². The van der Waals surface area contributed by atoms with Crippen molar-refractivity contribution in [1.82, 2.24) is 20.3 Å². The quantitative estimate of drug-likeness (QED) is 0.106. The topological polar surface area (TPSA) is 166 Å². The SMILES string of the molecule is CC(Cc1ccccn1)NCc1cnc(-c2cc3cccc(N(C(C)C)S(=O)(=O)c4cccs4)c3[nH]2)s1.O=C(O)C(F)(F)F.O=C(O)C(F)(F)F. The molecule has 1 atom stereocenters. The monoisotopic (exact) mass is 779 g/mol. The molecule has 0 amide bonds. The number of anilines is 1. The van der Waals surface area contributed by atoms with Crippen molar-refractivity contribution in [3.8, 4) is 10.7 Å². The molecule has 4 heterocycles. The van der Waals surface area contributed by atoms with Crippen molar-refractivity contribution in [2.45, 2.75) is 62.4 Å². The first-order chi connectivity index (χ1) is 23.7. The van der Waals surface area contributed by atoms with Crippen LogP contribution in [0.1, 0.15) is 31.3 Å². The molecule has 0 fully saturated rings. The second-order valence-corrected chi connectivity index (χ2v) is 14.9. The number of fused-ring (bicyclic) bond motifs is 1. The van der Waals surface area contributed by atoms with Gasteiger partial charge in [0.25, 0.3) is 10.0 Å². The molecule has 0 radical (unpaired) electrons. The molecule has 0 aliphatic rings. The van der Waals surface area contributed by atoms with Crippen LogP contribution in [0.4, 0.5) is 32.0 Å². The average Bonchev–Trinajstić information content (AvgIpc) is 3.82. The van der Waals surface area contributed by atoms with Crippen LogP contribution >= 0.6 is 22.7 Å². The Balaban J connectivity index is 0.000000424. The molecule has 276 valence electrons. The van der Waals surface area contributed by atoms with Crippen LogP contribution in [0.15, 0.2) is 76.6 Å². The lowest BCUT2D eigenvalue weighted by Gasteiger charge is -2.28. The minimum atomic E-state index is -5.08. The van der Waals surface area contributed by atoms with Gasteiger partial charge in [-0.15, -0.1) is 22.7 Å². The molecule has 11 nitrogen and oxygen atoms in total. The number of H-pyrrole nitrogens is 1. The third-order valence-electron chi connectivity index (χ3n) is 6.48. The Hall–Kier alpha value is -4.53. The molecule has 1 unspecified atom stereocenters. The first kappa shape index (κ1) is 40.9. The van der Waals surface area contributed by atoms with E-state index in [1.807, 2.05) is 68.7 Å². The van der Waals surface area contributed by atoms with Crippen LogP contribution in [0.3, 0.4) is 0 Å². The molecule has 0 saturated carbocycles. The van der Waals surface area contributed by atoms with Crippen molar-refractivity contribution in [2.75, 3.05) is 4.31 Å². The Bertz CT molecular complexity index is 1970. The van der Waals surface area contributed by atoms with Gasteiger partial charge in [-0.1, -0.05) is 24.3 Å². The summed E-state index contributed by atoms with van der Waals surface area (Å²) in [5.41, 5.74) is 3.36. The van der Waals surface area contributed by atoms with Crippen LogP contribution in [-0.2, 0) is 32.6 Å². The summed E-state index contributed by atoms with van der Waals surface area (Å²) in [7, 11) is -3.68. The largest absolute Gasteiger partial charge is 0.490 e. The fourth-order valence-electron chi connectivity index (χ4n) is 4.32. The van der Waals surface area contributed by atoms with E-state index in [4.69, 9.17) is 19.8 Å². The van der Waals surface area contributed by atoms with Gasteiger partial charge in [0.1, 0.15) is 9.22 Å². The molecular formula is C31H31F6N5O6S3. The lowest BCUT2D eigenvalue weighted by atomic mass is 10.1. The number of pyridine rings is 1. The molecule has 20 heteroatoms. The number of carboxylic acids is 2. The summed E-state index contributed by atoms with van der Waals surface area (Å²) in [4.78, 5) is 31.4. The van der Waals surface area contributed by atoms with E-state index in [-0.39, 0.29) is 12.1 Å². The summed E-state index contributed by atoms with van der Waals surface area (Å²) in [6.07, 6.45) is -5.59. The van der Waals surface area contributed by atoms with Gasteiger partial charge < -0.3 is 20.5 Å². The molecule has 0 bridgehead atoms. The first-order valence-corrected chi connectivity index (χ1v) is 17.7. The highest BCUT2D eigenvalue weighted by Crippen LogP contribution is 2.36. The molecule has 4 aromatic heterocycles. The van der Waals surface area contributed by atoms with Gasteiger partial charge >= 0.3 is 24.3 Å². The number of nitrogens with one attached hydrogen (secondary N) is 2. The lowest BCUT2D eigenvalue weighted by Crippen LogP contribution is -2.36. The number of sulfonamides is 1. The van der Waals surface area contributed by atoms with E-state index in [1.54, 1.807) is 28.8 Å². The van der Waals surface area contributed by atoms with Crippen LogP contribution in [0, 0.1) is 0 Å². The van der Waals surface area contributed by atoms with Gasteiger partial charge in [0.2, 0.25) is 0 Å². The number of hydrogen-bond donors (Lipinski definition) is 4. The Morgan fingerprint density at radius 2 is 1.59 bits per heavy atom. The van der Waals surface area contributed by atoms with Gasteiger partial charge in [-0.2, -0.15) is 26.3 Å².